The van der Waals surface area contributed by atoms with E-state index in [-0.39, 0.29) is 0 Å². The summed E-state index contributed by atoms with van der Waals surface area (Å²) in [4.78, 5) is 2.34. The zero-order valence-electron chi connectivity index (χ0n) is 24.1. The highest BCUT2D eigenvalue weighted by Crippen LogP contribution is 2.42. The maximum absolute atomic E-state index is 4.09. The Labute approximate surface area is 255 Å². The molecule has 0 amide bonds. The summed E-state index contributed by atoms with van der Waals surface area (Å²) in [6.07, 6.45) is 5.72. The summed E-state index contributed by atoms with van der Waals surface area (Å²) in [5.74, 6) is 0. The second-order valence-electron chi connectivity index (χ2n) is 10.3. The molecule has 0 radical (unpaired) electrons. The van der Waals surface area contributed by atoms with Gasteiger partial charge in [0, 0.05) is 17.1 Å². The first kappa shape index (κ1) is 27.5. The van der Waals surface area contributed by atoms with Crippen molar-refractivity contribution in [2.24, 2.45) is 0 Å². The smallest absolute Gasteiger partial charge is 0.0468 e. The van der Waals surface area contributed by atoms with Crippen molar-refractivity contribution in [3.8, 4) is 33.4 Å². The summed E-state index contributed by atoms with van der Waals surface area (Å²) in [6.45, 7) is 8.02. The molecule has 0 unspecified atom stereocenters. The molecule has 6 aromatic carbocycles. The Morgan fingerprint density at radius 1 is 0.442 bits per heavy atom. The van der Waals surface area contributed by atoms with Crippen LogP contribution < -0.4 is 4.90 Å². The van der Waals surface area contributed by atoms with Crippen LogP contribution in [-0.4, -0.2) is 0 Å². The summed E-state index contributed by atoms with van der Waals surface area (Å²) >= 11 is 0. The maximum atomic E-state index is 4.09. The van der Waals surface area contributed by atoms with Gasteiger partial charge in [0.05, 0.1) is 0 Å². The van der Waals surface area contributed by atoms with E-state index >= 15 is 0 Å². The van der Waals surface area contributed by atoms with Gasteiger partial charge in [-0.1, -0.05) is 153 Å². The average Bonchev–Trinajstić information content (AvgIpc) is 3.09. The third-order valence-corrected chi connectivity index (χ3v) is 7.62. The molecular formula is C42H33N. The summed E-state index contributed by atoms with van der Waals surface area (Å²) in [7, 11) is 0. The van der Waals surface area contributed by atoms with Gasteiger partial charge in [-0.3, -0.25) is 0 Å². The van der Waals surface area contributed by atoms with Gasteiger partial charge < -0.3 is 4.90 Å². The summed E-state index contributed by atoms with van der Waals surface area (Å²) in [5.41, 5.74) is 12.4. The minimum Gasteiger partial charge on any atom is -0.310 e. The fourth-order valence-corrected chi connectivity index (χ4v) is 5.60. The topological polar surface area (TPSA) is 3.24 Å². The van der Waals surface area contributed by atoms with Gasteiger partial charge in [0.25, 0.3) is 0 Å². The lowest BCUT2D eigenvalue weighted by Crippen LogP contribution is -2.10. The van der Waals surface area contributed by atoms with Crippen molar-refractivity contribution in [2.45, 2.75) is 0 Å². The molecule has 0 atom stereocenters. The van der Waals surface area contributed by atoms with Gasteiger partial charge in [0.1, 0.15) is 0 Å². The van der Waals surface area contributed by atoms with E-state index in [0.29, 0.717) is 0 Å². The Bertz CT molecular complexity index is 1870. The molecule has 1 nitrogen and oxygen atoms in total. The number of anilines is 3. The molecule has 0 aliphatic heterocycles. The fourth-order valence-electron chi connectivity index (χ4n) is 5.60. The van der Waals surface area contributed by atoms with E-state index < -0.39 is 0 Å². The predicted octanol–water partition coefficient (Wildman–Crippen LogP) is 11.9. The molecule has 0 bridgehead atoms. The van der Waals surface area contributed by atoms with Crippen LogP contribution >= 0.6 is 0 Å². The molecule has 0 aliphatic carbocycles. The third-order valence-electron chi connectivity index (χ3n) is 7.62. The monoisotopic (exact) mass is 551 g/mol. The van der Waals surface area contributed by atoms with E-state index in [0.717, 1.165) is 39.3 Å². The van der Waals surface area contributed by atoms with Gasteiger partial charge in [-0.05, 0) is 80.9 Å². The SMILES string of the molecule is C=C/C=C(\C=C)c1ccc(N(c2ccccc2)c2ccc(-c3ccccc3)c(-c3ccccc3)c2)cc1-c1ccccc1. The van der Waals surface area contributed by atoms with Crippen molar-refractivity contribution >= 4 is 22.6 Å². The molecular weight excluding hydrogens is 518 g/mol. The van der Waals surface area contributed by atoms with Crippen molar-refractivity contribution in [3.05, 3.63) is 195 Å². The Morgan fingerprint density at radius 3 is 1.44 bits per heavy atom. The molecule has 1 heteroatoms. The number of rotatable bonds is 9. The summed E-state index contributed by atoms with van der Waals surface area (Å²) < 4.78 is 0. The molecule has 6 rings (SSSR count). The second kappa shape index (κ2) is 12.9. The third kappa shape index (κ3) is 5.88. The zero-order chi connectivity index (χ0) is 29.4. The second-order valence-corrected chi connectivity index (χ2v) is 10.3. The van der Waals surface area contributed by atoms with Crippen LogP contribution in [-0.2, 0) is 0 Å². The minimum absolute atomic E-state index is 1.03. The Kier molecular flexibility index (Phi) is 8.25. The van der Waals surface area contributed by atoms with E-state index in [1.807, 2.05) is 18.2 Å². The van der Waals surface area contributed by atoms with E-state index in [1.165, 1.54) is 22.3 Å². The van der Waals surface area contributed by atoms with Gasteiger partial charge in [-0.15, -0.1) is 0 Å². The first-order valence-electron chi connectivity index (χ1n) is 14.5. The van der Waals surface area contributed by atoms with Crippen LogP contribution in [0.3, 0.4) is 0 Å². The highest BCUT2D eigenvalue weighted by molar-refractivity contribution is 5.92. The van der Waals surface area contributed by atoms with Crippen LogP contribution in [0.1, 0.15) is 5.56 Å². The van der Waals surface area contributed by atoms with Crippen molar-refractivity contribution in [1.82, 2.24) is 0 Å². The molecule has 0 fully saturated rings. The van der Waals surface area contributed by atoms with Crippen LogP contribution in [0.4, 0.5) is 17.1 Å². The number of hydrogen-bond donors (Lipinski definition) is 0. The zero-order valence-corrected chi connectivity index (χ0v) is 24.1. The van der Waals surface area contributed by atoms with E-state index in [1.54, 1.807) is 0 Å². The average molecular weight is 552 g/mol. The minimum atomic E-state index is 1.03. The first-order valence-corrected chi connectivity index (χ1v) is 14.5. The maximum Gasteiger partial charge on any atom is 0.0468 e. The molecule has 43 heavy (non-hydrogen) atoms. The molecule has 0 aromatic heterocycles. The quantitative estimate of drug-likeness (QED) is 0.162. The molecule has 0 N–H and O–H groups in total. The molecule has 0 heterocycles. The Balaban J connectivity index is 1.58. The van der Waals surface area contributed by atoms with Gasteiger partial charge in [0.2, 0.25) is 0 Å². The molecule has 6 aromatic rings. The first-order chi connectivity index (χ1) is 21.3. The summed E-state index contributed by atoms with van der Waals surface area (Å²) in [5, 5.41) is 0. The summed E-state index contributed by atoms with van der Waals surface area (Å²) in [6, 6.07) is 55.8. The Morgan fingerprint density at radius 2 is 0.907 bits per heavy atom. The van der Waals surface area contributed by atoms with E-state index in [4.69, 9.17) is 0 Å². The van der Waals surface area contributed by atoms with Gasteiger partial charge >= 0.3 is 0 Å². The highest BCUT2D eigenvalue weighted by atomic mass is 15.1. The standard InChI is InChI=1S/C42H33N/c1-3-17-32(4-2)39-28-26-37(30-41(39)34-20-11-6-12-21-34)43(36-24-15-8-16-25-36)38-27-29-40(33-18-9-5-10-19-33)42(31-38)35-22-13-7-14-23-35/h3-31H,1-2H2/b32-17+. The van der Waals surface area contributed by atoms with Gasteiger partial charge in [0.15, 0.2) is 0 Å². The van der Waals surface area contributed by atoms with Crippen molar-refractivity contribution < 1.29 is 0 Å². The lowest BCUT2D eigenvalue weighted by atomic mass is 9.92. The molecule has 0 spiro atoms. The van der Waals surface area contributed by atoms with Crippen molar-refractivity contribution in [2.75, 3.05) is 4.90 Å². The molecule has 0 aliphatic rings. The lowest BCUT2D eigenvalue weighted by Gasteiger charge is -2.28. The molecule has 0 saturated carbocycles. The van der Waals surface area contributed by atoms with Crippen molar-refractivity contribution in [3.63, 3.8) is 0 Å². The predicted molar refractivity (Wildman–Crippen MR) is 186 cm³/mol. The van der Waals surface area contributed by atoms with Crippen LogP contribution in [0.5, 0.6) is 0 Å². The largest absolute Gasteiger partial charge is 0.310 e. The Hall–Kier alpha value is -5.66. The fraction of sp³-hybridized carbons (Fsp3) is 0. The molecule has 206 valence electrons. The van der Waals surface area contributed by atoms with Gasteiger partial charge in [-0.25, -0.2) is 0 Å². The molecule has 0 saturated heterocycles. The van der Waals surface area contributed by atoms with Crippen LogP contribution in [0.25, 0.3) is 39.0 Å². The number of allylic oxidation sites excluding steroid dienone is 4. The normalized spacial score (nSPS) is 11.1. The lowest BCUT2D eigenvalue weighted by molar-refractivity contribution is 1.28. The highest BCUT2D eigenvalue weighted by Gasteiger charge is 2.18. The van der Waals surface area contributed by atoms with E-state index in [9.17, 15) is 0 Å². The van der Waals surface area contributed by atoms with Crippen LogP contribution in [0.2, 0.25) is 0 Å². The number of nitrogens with zero attached hydrogens (tertiary/aromatic N) is 1. The number of benzene rings is 6. The van der Waals surface area contributed by atoms with Crippen LogP contribution in [0.15, 0.2) is 189 Å². The number of para-hydroxylation sites is 1. The van der Waals surface area contributed by atoms with Crippen LogP contribution in [0, 0.1) is 0 Å². The van der Waals surface area contributed by atoms with Gasteiger partial charge in [-0.2, -0.15) is 0 Å². The van der Waals surface area contributed by atoms with E-state index in [2.05, 4.69) is 176 Å². The number of hydrogen-bond acceptors (Lipinski definition) is 1. The van der Waals surface area contributed by atoms with Crippen molar-refractivity contribution in [1.29, 1.82) is 0 Å².